The highest BCUT2D eigenvalue weighted by Gasteiger charge is 1.98. The molecule has 2 rings (SSSR count). The van der Waals surface area contributed by atoms with E-state index < -0.39 is 0 Å². The second-order valence-electron chi connectivity index (χ2n) is 2.99. The maximum absolute atomic E-state index is 5.42. The summed E-state index contributed by atoms with van der Waals surface area (Å²) < 4.78 is 7.30. The summed E-state index contributed by atoms with van der Waals surface area (Å²) >= 11 is 0. The van der Waals surface area contributed by atoms with E-state index in [4.69, 9.17) is 4.74 Å². The number of nitrogens with zero attached hydrogens (tertiary/aromatic N) is 3. The zero-order chi connectivity index (χ0) is 9.80. The van der Waals surface area contributed by atoms with E-state index in [-0.39, 0.29) is 0 Å². The lowest BCUT2D eigenvalue weighted by Gasteiger charge is -2.01. The second-order valence-corrected chi connectivity index (χ2v) is 2.99. The van der Waals surface area contributed by atoms with E-state index in [1.807, 2.05) is 36.0 Å². The van der Waals surface area contributed by atoms with Crippen LogP contribution in [0, 0.1) is 0 Å². The first-order chi connectivity index (χ1) is 6.84. The van der Waals surface area contributed by atoms with Gasteiger partial charge in [-0.05, 0) is 6.07 Å². The number of ether oxygens (including phenoxy) is 1. The van der Waals surface area contributed by atoms with Gasteiger partial charge in [0.05, 0.1) is 12.0 Å². The van der Waals surface area contributed by atoms with Crippen molar-refractivity contribution in [3.05, 3.63) is 42.6 Å². The summed E-state index contributed by atoms with van der Waals surface area (Å²) in [5.41, 5.74) is 0.901. The van der Waals surface area contributed by atoms with Crippen LogP contribution >= 0.6 is 0 Å². The van der Waals surface area contributed by atoms with E-state index >= 15 is 0 Å². The average Bonchev–Trinajstić information content (AvgIpc) is 2.63. The third kappa shape index (κ3) is 2.10. The molecule has 0 aliphatic carbocycles. The van der Waals surface area contributed by atoms with E-state index in [9.17, 15) is 0 Å². The number of imidazole rings is 1. The highest BCUT2D eigenvalue weighted by molar-refractivity contribution is 5.09. The van der Waals surface area contributed by atoms with Gasteiger partial charge in [-0.1, -0.05) is 6.07 Å². The molecule has 0 amide bonds. The molecule has 2 heterocycles. The predicted octanol–water partition coefficient (Wildman–Crippen LogP) is 1.39. The Hall–Kier alpha value is -1.84. The zero-order valence-corrected chi connectivity index (χ0v) is 7.92. The Morgan fingerprint density at radius 1 is 1.36 bits per heavy atom. The maximum Gasteiger partial charge on any atom is 0.213 e. The Morgan fingerprint density at radius 3 is 2.93 bits per heavy atom. The van der Waals surface area contributed by atoms with Gasteiger partial charge in [-0.25, -0.2) is 9.97 Å². The molecule has 0 aliphatic heterocycles. The molecule has 4 nitrogen and oxygen atoms in total. The SMILES string of the molecule is Cn1cnc(COc2ccccn2)c1. The summed E-state index contributed by atoms with van der Waals surface area (Å²) in [6.45, 7) is 0.456. The van der Waals surface area contributed by atoms with Crippen molar-refractivity contribution < 1.29 is 4.74 Å². The van der Waals surface area contributed by atoms with Crippen LogP contribution in [-0.4, -0.2) is 14.5 Å². The van der Waals surface area contributed by atoms with Crippen LogP contribution in [0.2, 0.25) is 0 Å². The molecule has 0 spiro atoms. The molecule has 0 bridgehead atoms. The predicted molar refractivity (Wildman–Crippen MR) is 51.8 cm³/mol. The van der Waals surface area contributed by atoms with Crippen molar-refractivity contribution in [1.82, 2.24) is 14.5 Å². The minimum Gasteiger partial charge on any atom is -0.471 e. The lowest BCUT2D eigenvalue weighted by atomic mass is 10.5. The fourth-order valence-electron chi connectivity index (χ4n) is 1.12. The third-order valence-electron chi connectivity index (χ3n) is 1.76. The first-order valence-corrected chi connectivity index (χ1v) is 4.35. The van der Waals surface area contributed by atoms with Crippen molar-refractivity contribution in [2.75, 3.05) is 0 Å². The van der Waals surface area contributed by atoms with Gasteiger partial charge in [-0.15, -0.1) is 0 Å². The molecule has 72 valence electrons. The largest absolute Gasteiger partial charge is 0.471 e. The average molecular weight is 189 g/mol. The van der Waals surface area contributed by atoms with Crippen molar-refractivity contribution in [2.45, 2.75) is 6.61 Å². The molecular weight excluding hydrogens is 178 g/mol. The van der Waals surface area contributed by atoms with Gasteiger partial charge in [0.15, 0.2) is 0 Å². The van der Waals surface area contributed by atoms with Gasteiger partial charge in [0, 0.05) is 25.5 Å². The second kappa shape index (κ2) is 3.91. The molecule has 2 aromatic rings. The fraction of sp³-hybridized carbons (Fsp3) is 0.200. The van der Waals surface area contributed by atoms with Crippen molar-refractivity contribution in [3.63, 3.8) is 0 Å². The topological polar surface area (TPSA) is 39.9 Å². The molecule has 0 atom stereocenters. The minimum atomic E-state index is 0.456. The molecule has 0 aromatic carbocycles. The maximum atomic E-state index is 5.42. The van der Waals surface area contributed by atoms with E-state index in [0.29, 0.717) is 12.5 Å². The van der Waals surface area contributed by atoms with Crippen molar-refractivity contribution in [3.8, 4) is 5.88 Å². The molecule has 0 N–H and O–H groups in total. The normalized spacial score (nSPS) is 10.1. The van der Waals surface area contributed by atoms with Crippen LogP contribution in [0.5, 0.6) is 5.88 Å². The van der Waals surface area contributed by atoms with Crippen LogP contribution in [0.1, 0.15) is 5.69 Å². The van der Waals surface area contributed by atoms with Crippen molar-refractivity contribution >= 4 is 0 Å². The number of aryl methyl sites for hydroxylation is 1. The van der Waals surface area contributed by atoms with E-state index in [1.54, 1.807) is 12.5 Å². The first kappa shape index (κ1) is 8.74. The Bertz CT molecular complexity index is 397. The molecule has 0 radical (unpaired) electrons. The third-order valence-corrected chi connectivity index (χ3v) is 1.76. The lowest BCUT2D eigenvalue weighted by molar-refractivity contribution is 0.290. The number of aromatic nitrogens is 3. The number of hydrogen-bond donors (Lipinski definition) is 0. The molecule has 0 aliphatic rings. The minimum absolute atomic E-state index is 0.456. The fourth-order valence-corrected chi connectivity index (χ4v) is 1.12. The molecule has 4 heteroatoms. The molecular formula is C10H11N3O. The summed E-state index contributed by atoms with van der Waals surface area (Å²) in [6.07, 6.45) is 5.37. The van der Waals surface area contributed by atoms with Crippen LogP contribution in [0.15, 0.2) is 36.9 Å². The Kier molecular flexibility index (Phi) is 2.44. The zero-order valence-electron chi connectivity index (χ0n) is 7.92. The molecule has 0 fully saturated rings. The van der Waals surface area contributed by atoms with Crippen LogP contribution < -0.4 is 4.74 Å². The highest BCUT2D eigenvalue weighted by atomic mass is 16.5. The van der Waals surface area contributed by atoms with Gasteiger partial charge >= 0.3 is 0 Å². The van der Waals surface area contributed by atoms with E-state index in [0.717, 1.165) is 5.69 Å². The van der Waals surface area contributed by atoms with Gasteiger partial charge in [-0.3, -0.25) is 0 Å². The van der Waals surface area contributed by atoms with Crippen LogP contribution in [0.3, 0.4) is 0 Å². The van der Waals surface area contributed by atoms with Crippen LogP contribution in [-0.2, 0) is 13.7 Å². The van der Waals surface area contributed by atoms with Gasteiger partial charge in [0.1, 0.15) is 6.61 Å². The first-order valence-electron chi connectivity index (χ1n) is 4.35. The van der Waals surface area contributed by atoms with E-state index in [1.165, 1.54) is 0 Å². The van der Waals surface area contributed by atoms with Gasteiger partial charge in [-0.2, -0.15) is 0 Å². The quantitative estimate of drug-likeness (QED) is 0.732. The smallest absolute Gasteiger partial charge is 0.213 e. The van der Waals surface area contributed by atoms with Crippen molar-refractivity contribution in [1.29, 1.82) is 0 Å². The number of hydrogen-bond acceptors (Lipinski definition) is 3. The van der Waals surface area contributed by atoms with Crippen molar-refractivity contribution in [2.24, 2.45) is 7.05 Å². The van der Waals surface area contributed by atoms with Crippen LogP contribution in [0.4, 0.5) is 0 Å². The Balaban J connectivity index is 1.95. The van der Waals surface area contributed by atoms with Crippen LogP contribution in [0.25, 0.3) is 0 Å². The molecule has 0 saturated heterocycles. The summed E-state index contributed by atoms with van der Waals surface area (Å²) in [4.78, 5) is 8.18. The molecule has 14 heavy (non-hydrogen) atoms. The van der Waals surface area contributed by atoms with Gasteiger partial charge in [0.25, 0.3) is 0 Å². The lowest BCUT2D eigenvalue weighted by Crippen LogP contribution is -1.96. The standard InChI is InChI=1S/C10H11N3O/c1-13-6-9(12-8-13)7-14-10-4-2-3-5-11-10/h2-6,8H,7H2,1H3. The van der Waals surface area contributed by atoms with Gasteiger partial charge < -0.3 is 9.30 Å². The monoisotopic (exact) mass is 189 g/mol. The number of rotatable bonds is 3. The summed E-state index contributed by atoms with van der Waals surface area (Å²) in [5.74, 6) is 0.623. The van der Waals surface area contributed by atoms with Gasteiger partial charge in [0.2, 0.25) is 5.88 Å². The molecule has 0 saturated carbocycles. The summed E-state index contributed by atoms with van der Waals surface area (Å²) in [7, 11) is 1.93. The Morgan fingerprint density at radius 2 is 2.29 bits per heavy atom. The molecule has 0 unspecified atom stereocenters. The molecule has 2 aromatic heterocycles. The Labute approximate surface area is 82.2 Å². The van der Waals surface area contributed by atoms with E-state index in [2.05, 4.69) is 9.97 Å². The summed E-state index contributed by atoms with van der Waals surface area (Å²) in [6, 6.07) is 5.57. The number of pyridine rings is 1. The highest BCUT2D eigenvalue weighted by Crippen LogP contribution is 2.06. The summed E-state index contributed by atoms with van der Waals surface area (Å²) in [5, 5.41) is 0.